The molecular formula is C71H59N. The Hall–Kier alpha value is -8.26. The smallest absolute Gasteiger partial charge is 0.0465 e. The quantitative estimate of drug-likeness (QED) is 0.118. The molecule has 348 valence electrons. The molecule has 12 rings (SSSR count). The number of rotatable bonds is 12. The van der Waals surface area contributed by atoms with Crippen molar-refractivity contribution in [1.29, 1.82) is 0 Å². The molecule has 0 saturated carbocycles. The normalized spacial score (nSPS) is 14.3. The first kappa shape index (κ1) is 44.9. The Kier molecular flexibility index (Phi) is 12.2. The number of hydrogen-bond donors (Lipinski definition) is 0. The van der Waals surface area contributed by atoms with Gasteiger partial charge in [-0.25, -0.2) is 0 Å². The minimum Gasteiger partial charge on any atom is -0.310 e. The van der Waals surface area contributed by atoms with Gasteiger partial charge in [0.1, 0.15) is 0 Å². The summed E-state index contributed by atoms with van der Waals surface area (Å²) in [4.78, 5) is 2.39. The van der Waals surface area contributed by atoms with Gasteiger partial charge in [-0.2, -0.15) is 0 Å². The lowest BCUT2D eigenvalue weighted by molar-refractivity contribution is 0.490. The number of hydrogen-bond acceptors (Lipinski definition) is 1. The highest BCUT2D eigenvalue weighted by molar-refractivity contribution is 6.05. The zero-order valence-corrected chi connectivity index (χ0v) is 41.4. The molecule has 9 aromatic rings. The Morgan fingerprint density at radius 2 is 1.03 bits per heavy atom. The molecule has 0 atom stereocenters. The summed E-state index contributed by atoms with van der Waals surface area (Å²) in [5.74, 6) is 0. The molecule has 3 aliphatic rings. The Bertz CT molecular complexity index is 3510. The zero-order valence-electron chi connectivity index (χ0n) is 41.4. The topological polar surface area (TPSA) is 3.24 Å². The van der Waals surface area contributed by atoms with Gasteiger partial charge in [-0.3, -0.25) is 0 Å². The minimum atomic E-state index is -0.0694. The molecule has 0 N–H and O–H groups in total. The average Bonchev–Trinajstić information content (AvgIpc) is 3.73. The fourth-order valence-electron chi connectivity index (χ4n) is 12.1. The van der Waals surface area contributed by atoms with Crippen molar-refractivity contribution in [2.75, 3.05) is 4.90 Å². The van der Waals surface area contributed by atoms with Gasteiger partial charge in [-0.15, -0.1) is 0 Å². The first-order valence-electron chi connectivity index (χ1n) is 26.0. The maximum absolute atomic E-state index is 2.50. The van der Waals surface area contributed by atoms with E-state index in [-0.39, 0.29) is 5.41 Å². The highest BCUT2D eigenvalue weighted by Gasteiger charge is 2.41. The summed E-state index contributed by atoms with van der Waals surface area (Å²) in [5.41, 5.74) is 27.2. The molecule has 0 aliphatic heterocycles. The second-order valence-electron chi connectivity index (χ2n) is 19.7. The molecule has 0 amide bonds. The average molecular weight is 926 g/mol. The van der Waals surface area contributed by atoms with Gasteiger partial charge in [-0.1, -0.05) is 220 Å². The summed E-state index contributed by atoms with van der Waals surface area (Å²) in [7, 11) is 0. The molecule has 9 aromatic carbocycles. The molecule has 3 aliphatic carbocycles. The third kappa shape index (κ3) is 8.19. The van der Waals surface area contributed by atoms with Crippen molar-refractivity contribution in [3.05, 3.63) is 276 Å². The van der Waals surface area contributed by atoms with Crippen LogP contribution in [-0.2, 0) is 11.8 Å². The molecule has 0 saturated heterocycles. The van der Waals surface area contributed by atoms with E-state index in [9.17, 15) is 0 Å². The standard InChI is InChI=1S/C71H59N/c1-3-71(4-2)66-46-51(38-43-62(66)63-44-42-61(48-67(63)71)72(59-31-19-9-20-32-59)60-33-21-10-22-34-60)36-35-50-37-39-57-47-58(41-40-56(57)45-50)65-49-64(52-23-11-5-12-24-52)68(53-25-13-6-14-26-53)70(55-29-17-8-18-30-55)69(65)54-27-15-7-16-28-54/h5-15,17-27,29-36,38,40-49H,3-4,16,28,37,39H2,1-2H3/b36-35+. The molecule has 1 nitrogen and oxygen atoms in total. The zero-order chi connectivity index (χ0) is 48.4. The lowest BCUT2D eigenvalue weighted by Gasteiger charge is -2.32. The van der Waals surface area contributed by atoms with Crippen molar-refractivity contribution in [3.8, 4) is 55.6 Å². The van der Waals surface area contributed by atoms with E-state index in [0.29, 0.717) is 0 Å². The van der Waals surface area contributed by atoms with E-state index in [2.05, 4.69) is 268 Å². The lowest BCUT2D eigenvalue weighted by atomic mass is 9.73. The number of anilines is 3. The van der Waals surface area contributed by atoms with Gasteiger partial charge in [0, 0.05) is 22.5 Å². The fourth-order valence-corrected chi connectivity index (χ4v) is 12.1. The van der Waals surface area contributed by atoms with Crippen molar-refractivity contribution in [3.63, 3.8) is 0 Å². The third-order valence-corrected chi connectivity index (χ3v) is 15.7. The fraction of sp³-hybridized carbons (Fsp3) is 0.127. The summed E-state index contributed by atoms with van der Waals surface area (Å²) in [6, 6.07) is 78.7. The predicted octanol–water partition coefficient (Wildman–Crippen LogP) is 19.7. The number of nitrogens with zero attached hydrogens (tertiary/aromatic N) is 1. The van der Waals surface area contributed by atoms with Crippen LogP contribution in [0.2, 0.25) is 0 Å². The van der Waals surface area contributed by atoms with Gasteiger partial charge in [-0.05, 0) is 181 Å². The van der Waals surface area contributed by atoms with Crippen LogP contribution < -0.4 is 4.90 Å². The summed E-state index contributed by atoms with van der Waals surface area (Å²) >= 11 is 0. The molecular weight excluding hydrogens is 867 g/mol. The van der Waals surface area contributed by atoms with E-state index in [4.69, 9.17) is 0 Å². The Labute approximate surface area is 426 Å². The molecule has 0 spiro atoms. The molecule has 0 bridgehead atoms. The van der Waals surface area contributed by atoms with Crippen LogP contribution in [0, 0.1) is 0 Å². The van der Waals surface area contributed by atoms with E-state index in [0.717, 1.165) is 49.9 Å². The highest BCUT2D eigenvalue weighted by atomic mass is 15.1. The van der Waals surface area contributed by atoms with Gasteiger partial charge in [0.25, 0.3) is 0 Å². The molecule has 0 radical (unpaired) electrons. The number of para-hydroxylation sites is 2. The van der Waals surface area contributed by atoms with Gasteiger partial charge in [0.15, 0.2) is 0 Å². The maximum atomic E-state index is 2.50. The summed E-state index contributed by atoms with van der Waals surface area (Å²) < 4.78 is 0. The van der Waals surface area contributed by atoms with Crippen molar-refractivity contribution in [2.45, 2.75) is 57.8 Å². The van der Waals surface area contributed by atoms with Crippen LogP contribution >= 0.6 is 0 Å². The van der Waals surface area contributed by atoms with Crippen molar-refractivity contribution >= 4 is 34.8 Å². The molecule has 72 heavy (non-hydrogen) atoms. The second kappa shape index (κ2) is 19.5. The lowest BCUT2D eigenvalue weighted by Crippen LogP contribution is -2.23. The maximum Gasteiger partial charge on any atom is 0.0465 e. The molecule has 1 heteroatoms. The molecule has 0 unspecified atom stereocenters. The van der Waals surface area contributed by atoms with Crippen LogP contribution in [0.15, 0.2) is 242 Å². The number of aryl methyl sites for hydroxylation is 1. The Morgan fingerprint density at radius 1 is 0.444 bits per heavy atom. The SMILES string of the molecule is CCC1(CC)c2cc(/C=C/C3=Cc4ccc(-c5cc(-c6ccccc6)c(-c6ccccc6)c(-c6ccccc6)c5C5=CC=CCC5)cc4CC3)ccc2-c2ccc(N(c3ccccc3)c3ccccc3)cc21. The van der Waals surface area contributed by atoms with Crippen LogP contribution in [-0.4, -0.2) is 0 Å². The number of benzene rings is 9. The Morgan fingerprint density at radius 3 is 1.65 bits per heavy atom. The van der Waals surface area contributed by atoms with E-state index < -0.39 is 0 Å². The first-order chi connectivity index (χ1) is 35.6. The highest BCUT2D eigenvalue weighted by Crippen LogP contribution is 2.55. The van der Waals surface area contributed by atoms with E-state index in [1.165, 1.54) is 106 Å². The number of allylic oxidation sites excluding steroid dienone is 6. The van der Waals surface area contributed by atoms with Crippen LogP contribution in [0.25, 0.3) is 73.4 Å². The van der Waals surface area contributed by atoms with Gasteiger partial charge in [0.05, 0.1) is 0 Å². The van der Waals surface area contributed by atoms with E-state index in [1.807, 2.05) is 0 Å². The van der Waals surface area contributed by atoms with Crippen LogP contribution in [0.1, 0.15) is 79.3 Å². The van der Waals surface area contributed by atoms with E-state index in [1.54, 1.807) is 0 Å². The third-order valence-electron chi connectivity index (χ3n) is 15.7. The summed E-state index contributed by atoms with van der Waals surface area (Å²) in [5, 5.41) is 0. The molecule has 0 aromatic heterocycles. The van der Waals surface area contributed by atoms with E-state index >= 15 is 0 Å². The summed E-state index contributed by atoms with van der Waals surface area (Å²) in [6.07, 6.45) is 20.2. The van der Waals surface area contributed by atoms with Gasteiger partial charge in [0.2, 0.25) is 0 Å². The predicted molar refractivity (Wildman–Crippen MR) is 308 cm³/mol. The van der Waals surface area contributed by atoms with Crippen LogP contribution in [0.5, 0.6) is 0 Å². The largest absolute Gasteiger partial charge is 0.310 e. The number of fused-ring (bicyclic) bond motifs is 4. The van der Waals surface area contributed by atoms with Crippen molar-refractivity contribution in [2.24, 2.45) is 0 Å². The van der Waals surface area contributed by atoms with Crippen LogP contribution in [0.3, 0.4) is 0 Å². The molecule has 0 fully saturated rings. The molecule has 0 heterocycles. The first-order valence-corrected chi connectivity index (χ1v) is 26.0. The van der Waals surface area contributed by atoms with Gasteiger partial charge >= 0.3 is 0 Å². The van der Waals surface area contributed by atoms with Gasteiger partial charge < -0.3 is 4.90 Å². The monoisotopic (exact) mass is 925 g/mol. The second-order valence-corrected chi connectivity index (χ2v) is 19.7. The summed E-state index contributed by atoms with van der Waals surface area (Å²) in [6.45, 7) is 4.74. The minimum absolute atomic E-state index is 0.0694. The van der Waals surface area contributed by atoms with Crippen molar-refractivity contribution in [1.82, 2.24) is 0 Å². The van der Waals surface area contributed by atoms with Crippen molar-refractivity contribution < 1.29 is 0 Å². The Balaban J connectivity index is 0.902. The van der Waals surface area contributed by atoms with Crippen LogP contribution in [0.4, 0.5) is 17.1 Å².